The van der Waals surface area contributed by atoms with Gasteiger partial charge in [-0.25, -0.2) is 4.79 Å². The molecule has 0 aliphatic rings. The molecule has 2 amide bonds. The van der Waals surface area contributed by atoms with Crippen LogP contribution in [0, 0.1) is 0 Å². The summed E-state index contributed by atoms with van der Waals surface area (Å²) < 4.78 is 0. The van der Waals surface area contributed by atoms with Crippen molar-refractivity contribution in [3.05, 3.63) is 30.3 Å². The van der Waals surface area contributed by atoms with Crippen molar-refractivity contribution in [2.45, 2.75) is 6.92 Å². The summed E-state index contributed by atoms with van der Waals surface area (Å²) in [7, 11) is 0. The first-order valence-corrected chi connectivity index (χ1v) is 4.21. The molecule has 0 bridgehead atoms. The van der Waals surface area contributed by atoms with E-state index in [9.17, 15) is 4.79 Å². The normalized spacial score (nSPS) is 9.64. The summed E-state index contributed by atoms with van der Waals surface area (Å²) >= 11 is 0. The fourth-order valence-electron chi connectivity index (χ4n) is 1.14. The fourth-order valence-corrected chi connectivity index (χ4v) is 1.14. The molecule has 0 heterocycles. The van der Waals surface area contributed by atoms with E-state index in [1.54, 1.807) is 31.2 Å². The van der Waals surface area contributed by atoms with Crippen LogP contribution in [-0.2, 0) is 0 Å². The SMILES string of the molecule is CCN(C(=O)N(O)O)c1ccccc1. The van der Waals surface area contributed by atoms with Crippen LogP contribution in [0.4, 0.5) is 10.5 Å². The van der Waals surface area contributed by atoms with Crippen LogP contribution < -0.4 is 4.90 Å². The molecule has 0 saturated carbocycles. The van der Waals surface area contributed by atoms with Gasteiger partial charge in [-0.3, -0.25) is 15.3 Å². The summed E-state index contributed by atoms with van der Waals surface area (Å²) in [5.41, 5.74) is 0.619. The molecule has 5 heteroatoms. The zero-order chi connectivity index (χ0) is 10.6. The Morgan fingerprint density at radius 3 is 2.29 bits per heavy atom. The molecule has 5 nitrogen and oxygen atoms in total. The molecule has 1 aromatic rings. The van der Waals surface area contributed by atoms with Gasteiger partial charge in [0.1, 0.15) is 0 Å². The first-order valence-electron chi connectivity index (χ1n) is 4.21. The van der Waals surface area contributed by atoms with Crippen molar-refractivity contribution in [2.24, 2.45) is 0 Å². The molecule has 0 atom stereocenters. The number of anilines is 1. The van der Waals surface area contributed by atoms with E-state index >= 15 is 0 Å². The van der Waals surface area contributed by atoms with Crippen LogP contribution >= 0.6 is 0 Å². The highest BCUT2D eigenvalue weighted by molar-refractivity contribution is 5.90. The van der Waals surface area contributed by atoms with Gasteiger partial charge in [-0.2, -0.15) is 0 Å². The molecule has 0 unspecified atom stereocenters. The average molecular weight is 196 g/mol. The minimum Gasteiger partial charge on any atom is -0.291 e. The molecule has 0 radical (unpaired) electrons. The van der Waals surface area contributed by atoms with E-state index in [1.165, 1.54) is 4.90 Å². The molecular weight excluding hydrogens is 184 g/mol. The molecule has 0 aromatic heterocycles. The van der Waals surface area contributed by atoms with Gasteiger partial charge >= 0.3 is 6.03 Å². The third kappa shape index (κ3) is 2.21. The van der Waals surface area contributed by atoms with Crippen molar-refractivity contribution < 1.29 is 15.2 Å². The molecule has 1 aromatic carbocycles. The number of carbonyl (C=O) groups excluding carboxylic acids is 1. The van der Waals surface area contributed by atoms with Crippen LogP contribution in [0.15, 0.2) is 30.3 Å². The minimum atomic E-state index is -0.876. The van der Waals surface area contributed by atoms with Gasteiger partial charge < -0.3 is 0 Å². The number of hydrogen-bond acceptors (Lipinski definition) is 3. The largest absolute Gasteiger partial charge is 0.373 e. The van der Waals surface area contributed by atoms with Gasteiger partial charge in [0, 0.05) is 12.2 Å². The van der Waals surface area contributed by atoms with Crippen LogP contribution in [0.1, 0.15) is 6.92 Å². The molecule has 0 spiro atoms. The lowest BCUT2D eigenvalue weighted by Crippen LogP contribution is -2.39. The number of hydrogen-bond donors (Lipinski definition) is 2. The van der Waals surface area contributed by atoms with Crippen LogP contribution in [-0.4, -0.2) is 28.2 Å². The summed E-state index contributed by atoms with van der Waals surface area (Å²) in [5.74, 6) is 0. The minimum absolute atomic E-state index is 0.362. The Labute approximate surface area is 81.7 Å². The molecule has 0 aliphatic heterocycles. The van der Waals surface area contributed by atoms with Gasteiger partial charge in [-0.1, -0.05) is 23.4 Å². The Kier molecular flexibility index (Phi) is 3.44. The highest BCUT2D eigenvalue weighted by Crippen LogP contribution is 2.13. The Morgan fingerprint density at radius 2 is 1.86 bits per heavy atom. The maximum atomic E-state index is 11.2. The standard InChI is InChI=1S/C9H12N2O3/c1-2-10(9(12)11(13)14)8-6-4-3-5-7-8/h3-7,13-14H,2H2,1H3. The number of benzene rings is 1. The number of rotatable bonds is 2. The maximum absolute atomic E-state index is 11.2. The second-order valence-corrected chi connectivity index (χ2v) is 2.65. The molecule has 0 saturated heterocycles. The van der Waals surface area contributed by atoms with Crippen molar-refractivity contribution in [3.63, 3.8) is 0 Å². The quantitative estimate of drug-likeness (QED) is 0.559. The van der Waals surface area contributed by atoms with Crippen LogP contribution in [0.5, 0.6) is 0 Å². The van der Waals surface area contributed by atoms with E-state index < -0.39 is 11.3 Å². The van der Waals surface area contributed by atoms with E-state index in [4.69, 9.17) is 10.4 Å². The Balaban J connectivity index is 2.88. The third-order valence-electron chi connectivity index (χ3n) is 1.79. The first-order chi connectivity index (χ1) is 6.66. The molecule has 0 aliphatic carbocycles. The number of urea groups is 1. The number of nitrogens with zero attached hydrogens (tertiary/aromatic N) is 2. The van der Waals surface area contributed by atoms with Crippen LogP contribution in [0.2, 0.25) is 0 Å². The monoisotopic (exact) mass is 196 g/mol. The average Bonchev–Trinajstić information content (AvgIpc) is 2.20. The molecule has 76 valence electrons. The lowest BCUT2D eigenvalue weighted by molar-refractivity contribution is -0.256. The highest BCUT2D eigenvalue weighted by Gasteiger charge is 2.17. The second-order valence-electron chi connectivity index (χ2n) is 2.65. The van der Waals surface area contributed by atoms with Crippen LogP contribution in [0.3, 0.4) is 0 Å². The van der Waals surface area contributed by atoms with Gasteiger partial charge in [-0.05, 0) is 19.1 Å². The third-order valence-corrected chi connectivity index (χ3v) is 1.79. The van der Waals surface area contributed by atoms with Crippen molar-refractivity contribution in [1.29, 1.82) is 0 Å². The second kappa shape index (κ2) is 4.59. The van der Waals surface area contributed by atoms with E-state index in [-0.39, 0.29) is 0 Å². The van der Waals surface area contributed by atoms with Crippen molar-refractivity contribution >= 4 is 11.7 Å². The van der Waals surface area contributed by atoms with E-state index in [2.05, 4.69) is 0 Å². The predicted octanol–water partition coefficient (Wildman–Crippen LogP) is 1.71. The summed E-state index contributed by atoms with van der Waals surface area (Å²) in [6.07, 6.45) is 0. The summed E-state index contributed by atoms with van der Waals surface area (Å²) in [6.45, 7) is 2.11. The zero-order valence-corrected chi connectivity index (χ0v) is 7.79. The lowest BCUT2D eigenvalue weighted by atomic mass is 10.3. The maximum Gasteiger partial charge on any atom is 0.373 e. The lowest BCUT2D eigenvalue weighted by Gasteiger charge is -2.21. The van der Waals surface area contributed by atoms with E-state index in [1.807, 2.05) is 6.07 Å². The summed E-state index contributed by atoms with van der Waals surface area (Å²) in [4.78, 5) is 12.5. The molecule has 1 rings (SSSR count). The van der Waals surface area contributed by atoms with Crippen molar-refractivity contribution in [1.82, 2.24) is 5.23 Å². The van der Waals surface area contributed by atoms with Crippen molar-refractivity contribution in [2.75, 3.05) is 11.4 Å². The Hall–Kier alpha value is -1.59. The highest BCUT2D eigenvalue weighted by atomic mass is 16.8. The molecule has 14 heavy (non-hydrogen) atoms. The Morgan fingerprint density at radius 1 is 1.29 bits per heavy atom. The smallest absolute Gasteiger partial charge is 0.291 e. The predicted molar refractivity (Wildman–Crippen MR) is 50.3 cm³/mol. The van der Waals surface area contributed by atoms with Gasteiger partial charge in [0.05, 0.1) is 0 Å². The molecule has 2 N–H and O–H groups in total. The number of para-hydroxylation sites is 1. The van der Waals surface area contributed by atoms with Crippen LogP contribution in [0.25, 0.3) is 0 Å². The summed E-state index contributed by atoms with van der Waals surface area (Å²) in [5, 5.41) is 16.7. The van der Waals surface area contributed by atoms with Gasteiger partial charge in [-0.15, -0.1) is 0 Å². The van der Waals surface area contributed by atoms with E-state index in [0.717, 1.165) is 0 Å². The first kappa shape index (κ1) is 10.5. The van der Waals surface area contributed by atoms with Crippen molar-refractivity contribution in [3.8, 4) is 0 Å². The zero-order valence-electron chi connectivity index (χ0n) is 7.79. The Bertz CT molecular complexity index is 300. The van der Waals surface area contributed by atoms with Gasteiger partial charge in [0.2, 0.25) is 0 Å². The summed E-state index contributed by atoms with van der Waals surface area (Å²) in [6, 6.07) is 7.90. The van der Waals surface area contributed by atoms with E-state index in [0.29, 0.717) is 12.2 Å². The molecule has 0 fully saturated rings. The van der Waals surface area contributed by atoms with Gasteiger partial charge in [0.25, 0.3) is 0 Å². The number of amides is 2. The number of hydroxylamine groups is 2. The number of carbonyl (C=O) groups is 1. The van der Waals surface area contributed by atoms with Gasteiger partial charge in [0.15, 0.2) is 0 Å². The fraction of sp³-hybridized carbons (Fsp3) is 0.222. The topological polar surface area (TPSA) is 64.0 Å². The molecular formula is C9H12N2O3.